The maximum Gasteiger partial charge on any atom is 0.123 e. The van der Waals surface area contributed by atoms with Crippen molar-refractivity contribution < 1.29 is 4.39 Å². The minimum absolute atomic E-state index is 0.207. The molecule has 20 heavy (non-hydrogen) atoms. The van der Waals surface area contributed by atoms with Gasteiger partial charge in [0, 0.05) is 8.95 Å². The van der Waals surface area contributed by atoms with Crippen molar-refractivity contribution in [2.24, 2.45) is 11.7 Å². The topological polar surface area (TPSA) is 26.0 Å². The minimum Gasteiger partial charge on any atom is -0.330 e. The Morgan fingerprint density at radius 2 is 1.85 bits per heavy atom. The summed E-state index contributed by atoms with van der Waals surface area (Å²) in [5.74, 6) is 0.0869. The molecular weight excluding hydrogens is 385 g/mol. The van der Waals surface area contributed by atoms with Gasteiger partial charge in [-0.2, -0.15) is 0 Å². The molecule has 0 spiro atoms. The third-order valence-electron chi connectivity index (χ3n) is 3.26. The van der Waals surface area contributed by atoms with Crippen molar-refractivity contribution in [2.75, 3.05) is 6.54 Å². The average molecular weight is 401 g/mol. The fourth-order valence-electron chi connectivity index (χ4n) is 2.25. The lowest BCUT2D eigenvalue weighted by Gasteiger charge is -2.16. The lowest BCUT2D eigenvalue weighted by molar-refractivity contribution is 0.529. The van der Waals surface area contributed by atoms with Crippen LogP contribution in [0.2, 0.25) is 0 Å². The maximum absolute atomic E-state index is 13.3. The zero-order valence-corrected chi connectivity index (χ0v) is 14.1. The number of halogens is 3. The molecule has 0 saturated carbocycles. The van der Waals surface area contributed by atoms with E-state index in [1.54, 1.807) is 12.1 Å². The molecule has 0 bridgehead atoms. The van der Waals surface area contributed by atoms with Gasteiger partial charge in [-0.3, -0.25) is 0 Å². The van der Waals surface area contributed by atoms with Crippen molar-refractivity contribution in [3.63, 3.8) is 0 Å². The predicted octanol–water partition coefficient (Wildman–Crippen LogP) is 4.71. The van der Waals surface area contributed by atoms with Crippen molar-refractivity contribution in [1.82, 2.24) is 0 Å². The Labute approximate surface area is 135 Å². The number of nitrogens with two attached hydrogens (primary N) is 1. The first-order valence-corrected chi connectivity index (χ1v) is 8.05. The molecule has 2 aromatic carbocycles. The van der Waals surface area contributed by atoms with Crippen LogP contribution in [-0.4, -0.2) is 6.54 Å². The molecule has 4 heteroatoms. The molecule has 0 heterocycles. The molecule has 0 aliphatic heterocycles. The average Bonchev–Trinajstić information content (AvgIpc) is 2.42. The summed E-state index contributed by atoms with van der Waals surface area (Å²) in [4.78, 5) is 0. The van der Waals surface area contributed by atoms with Crippen LogP contribution in [0.4, 0.5) is 4.39 Å². The first kappa shape index (κ1) is 15.7. The first-order chi connectivity index (χ1) is 9.58. The van der Waals surface area contributed by atoms with E-state index in [1.165, 1.54) is 11.6 Å². The largest absolute Gasteiger partial charge is 0.330 e. The van der Waals surface area contributed by atoms with Crippen molar-refractivity contribution in [3.05, 3.63) is 68.4 Å². The Morgan fingerprint density at radius 3 is 2.55 bits per heavy atom. The molecule has 1 nitrogen and oxygen atoms in total. The molecular formula is C16H16Br2FN. The van der Waals surface area contributed by atoms with Crippen molar-refractivity contribution in [2.45, 2.75) is 12.8 Å². The fraction of sp³-hybridized carbons (Fsp3) is 0.250. The van der Waals surface area contributed by atoms with E-state index in [9.17, 15) is 4.39 Å². The van der Waals surface area contributed by atoms with Crippen LogP contribution in [0.3, 0.4) is 0 Å². The molecule has 2 rings (SSSR count). The highest BCUT2D eigenvalue weighted by Gasteiger charge is 2.12. The molecule has 0 amide bonds. The van der Waals surface area contributed by atoms with Gasteiger partial charge < -0.3 is 5.73 Å². The fourth-order valence-corrected chi connectivity index (χ4v) is 3.10. The summed E-state index contributed by atoms with van der Waals surface area (Å²) >= 11 is 6.94. The van der Waals surface area contributed by atoms with Crippen LogP contribution in [0.15, 0.2) is 51.4 Å². The second-order valence-electron chi connectivity index (χ2n) is 4.88. The number of hydrogen-bond acceptors (Lipinski definition) is 1. The third kappa shape index (κ3) is 4.40. The van der Waals surface area contributed by atoms with Gasteiger partial charge in [-0.1, -0.05) is 44.0 Å². The van der Waals surface area contributed by atoms with E-state index < -0.39 is 0 Å². The van der Waals surface area contributed by atoms with Gasteiger partial charge in [0.05, 0.1) is 0 Å². The zero-order valence-electron chi connectivity index (χ0n) is 11.0. The van der Waals surface area contributed by atoms with E-state index in [4.69, 9.17) is 5.73 Å². The number of benzene rings is 2. The highest BCUT2D eigenvalue weighted by atomic mass is 79.9. The van der Waals surface area contributed by atoms with Crippen LogP contribution in [0, 0.1) is 11.7 Å². The third-order valence-corrected chi connectivity index (χ3v) is 4.53. The molecule has 2 aromatic rings. The van der Waals surface area contributed by atoms with Gasteiger partial charge in [0.2, 0.25) is 0 Å². The smallest absolute Gasteiger partial charge is 0.123 e. The van der Waals surface area contributed by atoms with Crippen LogP contribution < -0.4 is 5.73 Å². The molecule has 0 radical (unpaired) electrons. The quantitative estimate of drug-likeness (QED) is 0.772. The second-order valence-corrected chi connectivity index (χ2v) is 6.65. The standard InChI is InChI=1S/C16H16Br2FN/c17-14-3-1-2-11(8-14)6-12(10-20)7-13-9-15(19)4-5-16(13)18/h1-5,8-9,12H,6-7,10,20H2. The molecule has 1 unspecified atom stereocenters. The molecule has 0 aliphatic rings. The summed E-state index contributed by atoms with van der Waals surface area (Å²) in [5.41, 5.74) is 8.08. The molecule has 0 aliphatic carbocycles. The Kier molecular flexibility index (Phi) is 5.75. The number of rotatable bonds is 5. The second kappa shape index (κ2) is 7.34. The van der Waals surface area contributed by atoms with Gasteiger partial charge in [0.25, 0.3) is 0 Å². The molecule has 1 atom stereocenters. The van der Waals surface area contributed by atoms with Gasteiger partial charge in [-0.05, 0) is 66.8 Å². The van der Waals surface area contributed by atoms with Crippen molar-refractivity contribution >= 4 is 31.9 Å². The summed E-state index contributed by atoms with van der Waals surface area (Å²) in [5, 5.41) is 0. The van der Waals surface area contributed by atoms with Crippen molar-refractivity contribution in [1.29, 1.82) is 0 Å². The van der Waals surface area contributed by atoms with Crippen LogP contribution in [0.25, 0.3) is 0 Å². The highest BCUT2D eigenvalue weighted by molar-refractivity contribution is 9.10. The summed E-state index contributed by atoms with van der Waals surface area (Å²) in [6, 6.07) is 13.0. The van der Waals surface area contributed by atoms with Crippen LogP contribution >= 0.6 is 31.9 Å². The van der Waals surface area contributed by atoms with Gasteiger partial charge >= 0.3 is 0 Å². The summed E-state index contributed by atoms with van der Waals surface area (Å²) in [7, 11) is 0. The van der Waals surface area contributed by atoms with Gasteiger partial charge in [0.15, 0.2) is 0 Å². The van der Waals surface area contributed by atoms with Crippen LogP contribution in [0.1, 0.15) is 11.1 Å². The van der Waals surface area contributed by atoms with E-state index in [0.717, 1.165) is 27.4 Å². The Balaban J connectivity index is 2.11. The van der Waals surface area contributed by atoms with E-state index in [-0.39, 0.29) is 5.82 Å². The molecule has 2 N–H and O–H groups in total. The highest BCUT2D eigenvalue weighted by Crippen LogP contribution is 2.23. The zero-order chi connectivity index (χ0) is 14.5. The van der Waals surface area contributed by atoms with E-state index in [0.29, 0.717) is 12.5 Å². The van der Waals surface area contributed by atoms with Gasteiger partial charge in [-0.25, -0.2) is 4.39 Å². The Bertz CT molecular complexity index is 586. The molecule has 106 valence electrons. The van der Waals surface area contributed by atoms with Crippen molar-refractivity contribution in [3.8, 4) is 0 Å². The van der Waals surface area contributed by atoms with Crippen LogP contribution in [0.5, 0.6) is 0 Å². The Hall–Kier alpha value is -0.710. The number of hydrogen-bond donors (Lipinski definition) is 1. The van der Waals surface area contributed by atoms with Crippen LogP contribution in [-0.2, 0) is 12.8 Å². The summed E-state index contributed by atoms with van der Waals surface area (Å²) in [6.07, 6.45) is 1.65. The minimum atomic E-state index is -0.207. The molecule has 0 saturated heterocycles. The lowest BCUT2D eigenvalue weighted by Crippen LogP contribution is -2.19. The van der Waals surface area contributed by atoms with E-state index in [1.807, 2.05) is 12.1 Å². The Morgan fingerprint density at radius 1 is 1.05 bits per heavy atom. The lowest BCUT2D eigenvalue weighted by atomic mass is 9.92. The monoisotopic (exact) mass is 399 g/mol. The normalized spacial score (nSPS) is 12.4. The first-order valence-electron chi connectivity index (χ1n) is 6.47. The predicted molar refractivity (Wildman–Crippen MR) is 88.2 cm³/mol. The van der Waals surface area contributed by atoms with E-state index >= 15 is 0 Å². The van der Waals surface area contributed by atoms with E-state index in [2.05, 4.69) is 44.0 Å². The maximum atomic E-state index is 13.3. The SMILES string of the molecule is NCC(Cc1cccc(Br)c1)Cc1cc(F)ccc1Br. The summed E-state index contributed by atoms with van der Waals surface area (Å²) in [6.45, 7) is 0.579. The van der Waals surface area contributed by atoms with Gasteiger partial charge in [-0.15, -0.1) is 0 Å². The molecule has 0 fully saturated rings. The van der Waals surface area contributed by atoms with Gasteiger partial charge in [0.1, 0.15) is 5.82 Å². The summed E-state index contributed by atoms with van der Waals surface area (Å²) < 4.78 is 15.3. The molecule has 0 aromatic heterocycles.